The van der Waals surface area contributed by atoms with Gasteiger partial charge in [-0.15, -0.1) is 24.0 Å². The van der Waals surface area contributed by atoms with Gasteiger partial charge in [0.05, 0.1) is 5.69 Å². The molecule has 0 aliphatic carbocycles. The monoisotopic (exact) mass is 553 g/mol. The van der Waals surface area contributed by atoms with Crippen molar-refractivity contribution in [1.29, 1.82) is 0 Å². The van der Waals surface area contributed by atoms with Crippen LogP contribution in [-0.2, 0) is 13.0 Å². The van der Waals surface area contributed by atoms with Gasteiger partial charge in [-0.3, -0.25) is 0 Å². The molecule has 0 spiro atoms. The van der Waals surface area contributed by atoms with Crippen molar-refractivity contribution in [3.8, 4) is 0 Å². The van der Waals surface area contributed by atoms with Gasteiger partial charge in [-0.25, -0.2) is 4.99 Å². The zero-order chi connectivity index (χ0) is 21.9. The van der Waals surface area contributed by atoms with E-state index < -0.39 is 0 Å². The minimum Gasteiger partial charge on any atom is -0.359 e. The van der Waals surface area contributed by atoms with Crippen LogP contribution in [0.2, 0.25) is 0 Å². The van der Waals surface area contributed by atoms with Gasteiger partial charge >= 0.3 is 0 Å². The van der Waals surface area contributed by atoms with Gasteiger partial charge < -0.3 is 20.1 Å². The van der Waals surface area contributed by atoms with Crippen LogP contribution in [-0.4, -0.2) is 48.7 Å². The van der Waals surface area contributed by atoms with Gasteiger partial charge in [0.15, 0.2) is 11.7 Å². The molecule has 7 heteroatoms. The molecular weight excluding hydrogens is 513 g/mol. The SMILES string of the molecule is CCNC(=NCc1cc(C(CC)CC)no1)NCC1CCN(CCc2ccccc2)C1.I. The Labute approximate surface area is 210 Å². The van der Waals surface area contributed by atoms with Crippen LogP contribution in [0.1, 0.15) is 63.0 Å². The minimum atomic E-state index is 0. The Morgan fingerprint density at radius 1 is 1.19 bits per heavy atom. The van der Waals surface area contributed by atoms with E-state index in [-0.39, 0.29) is 24.0 Å². The van der Waals surface area contributed by atoms with Crippen molar-refractivity contribution < 1.29 is 4.52 Å². The number of nitrogens with one attached hydrogen (secondary N) is 2. The Hall–Kier alpha value is -1.61. The van der Waals surface area contributed by atoms with Crippen molar-refractivity contribution in [2.75, 3.05) is 32.7 Å². The first-order valence-electron chi connectivity index (χ1n) is 12.0. The molecule has 178 valence electrons. The molecule has 6 nitrogen and oxygen atoms in total. The smallest absolute Gasteiger partial charge is 0.191 e. The Balaban J connectivity index is 0.00000363. The van der Waals surface area contributed by atoms with Crippen molar-refractivity contribution >= 4 is 29.9 Å². The lowest BCUT2D eigenvalue weighted by atomic mass is 9.99. The lowest BCUT2D eigenvalue weighted by Gasteiger charge is -2.17. The number of halogens is 1. The van der Waals surface area contributed by atoms with E-state index in [4.69, 9.17) is 9.52 Å². The molecule has 1 fully saturated rings. The fourth-order valence-electron chi connectivity index (χ4n) is 4.26. The second kappa shape index (κ2) is 14.5. The minimum absolute atomic E-state index is 0. The first-order valence-corrected chi connectivity index (χ1v) is 12.0. The van der Waals surface area contributed by atoms with Crippen LogP contribution >= 0.6 is 24.0 Å². The van der Waals surface area contributed by atoms with Gasteiger partial charge in [-0.1, -0.05) is 49.3 Å². The zero-order valence-corrected chi connectivity index (χ0v) is 22.2. The summed E-state index contributed by atoms with van der Waals surface area (Å²) in [5, 5.41) is 11.1. The summed E-state index contributed by atoms with van der Waals surface area (Å²) in [4.78, 5) is 7.29. The highest BCUT2D eigenvalue weighted by Crippen LogP contribution is 2.22. The van der Waals surface area contributed by atoms with Crippen LogP contribution in [0.15, 0.2) is 45.9 Å². The molecule has 32 heavy (non-hydrogen) atoms. The Bertz CT molecular complexity index is 791. The second-order valence-corrected chi connectivity index (χ2v) is 8.50. The summed E-state index contributed by atoms with van der Waals surface area (Å²) in [6.07, 6.45) is 4.53. The average Bonchev–Trinajstić information content (AvgIpc) is 3.46. The van der Waals surface area contributed by atoms with Gasteiger partial charge in [0, 0.05) is 38.2 Å². The number of likely N-dealkylation sites (tertiary alicyclic amines) is 1. The van der Waals surface area contributed by atoms with Crippen molar-refractivity contribution in [2.45, 2.75) is 58.9 Å². The van der Waals surface area contributed by atoms with Crippen LogP contribution in [0.3, 0.4) is 0 Å². The molecule has 1 aliphatic rings. The van der Waals surface area contributed by atoms with E-state index in [0.29, 0.717) is 18.4 Å². The molecule has 1 atom stereocenters. The summed E-state index contributed by atoms with van der Waals surface area (Å²) in [5.41, 5.74) is 2.47. The molecule has 1 saturated heterocycles. The van der Waals surface area contributed by atoms with E-state index in [0.717, 1.165) is 62.9 Å². The quantitative estimate of drug-likeness (QED) is 0.238. The van der Waals surface area contributed by atoms with Crippen molar-refractivity contribution in [2.24, 2.45) is 10.9 Å². The summed E-state index contributed by atoms with van der Waals surface area (Å²) >= 11 is 0. The van der Waals surface area contributed by atoms with E-state index in [1.165, 1.54) is 18.5 Å². The van der Waals surface area contributed by atoms with E-state index in [1.807, 2.05) is 0 Å². The zero-order valence-electron chi connectivity index (χ0n) is 19.8. The molecule has 0 saturated carbocycles. The number of rotatable bonds is 11. The summed E-state index contributed by atoms with van der Waals surface area (Å²) in [6, 6.07) is 12.8. The number of nitrogens with zero attached hydrogens (tertiary/aromatic N) is 3. The van der Waals surface area contributed by atoms with Crippen LogP contribution < -0.4 is 10.6 Å². The third kappa shape index (κ3) is 8.39. The Morgan fingerprint density at radius 3 is 2.69 bits per heavy atom. The normalized spacial score (nSPS) is 16.9. The molecule has 1 aromatic carbocycles. The molecule has 2 N–H and O–H groups in total. The Kier molecular flexibility index (Phi) is 12.1. The number of hydrogen-bond acceptors (Lipinski definition) is 4. The number of hydrogen-bond donors (Lipinski definition) is 2. The highest BCUT2D eigenvalue weighted by molar-refractivity contribution is 14.0. The fourth-order valence-corrected chi connectivity index (χ4v) is 4.26. The predicted molar refractivity (Wildman–Crippen MR) is 143 cm³/mol. The molecule has 1 aliphatic heterocycles. The predicted octanol–water partition coefficient (Wildman–Crippen LogP) is 4.82. The highest BCUT2D eigenvalue weighted by atomic mass is 127. The van der Waals surface area contributed by atoms with Crippen LogP contribution in [0.4, 0.5) is 0 Å². The van der Waals surface area contributed by atoms with Crippen molar-refractivity contribution in [3.63, 3.8) is 0 Å². The molecule has 0 bridgehead atoms. The summed E-state index contributed by atoms with van der Waals surface area (Å²) in [5.74, 6) is 2.81. The van der Waals surface area contributed by atoms with E-state index in [9.17, 15) is 0 Å². The van der Waals surface area contributed by atoms with Crippen LogP contribution in [0.5, 0.6) is 0 Å². The first-order chi connectivity index (χ1) is 15.2. The average molecular weight is 554 g/mol. The largest absolute Gasteiger partial charge is 0.359 e. The van der Waals surface area contributed by atoms with Gasteiger partial charge in [0.2, 0.25) is 0 Å². The van der Waals surface area contributed by atoms with E-state index in [2.05, 4.69) is 77.9 Å². The summed E-state index contributed by atoms with van der Waals surface area (Å²) < 4.78 is 5.51. The van der Waals surface area contributed by atoms with Gasteiger partial charge in [-0.05, 0) is 50.6 Å². The van der Waals surface area contributed by atoms with Crippen molar-refractivity contribution in [1.82, 2.24) is 20.7 Å². The standard InChI is InChI=1S/C25H39N5O.HI/c1-4-22(5-2)24-16-23(31-29-24)18-28-25(26-6-3)27-17-21-13-15-30(19-21)14-12-20-10-8-7-9-11-20;/h7-11,16,21-22H,4-6,12-15,17-19H2,1-3H3,(H2,26,27,28);1H. The number of aliphatic imine (C=N–C) groups is 1. The molecule has 2 heterocycles. The first kappa shape index (κ1) is 26.6. The van der Waals surface area contributed by atoms with E-state index in [1.54, 1.807) is 0 Å². The number of benzene rings is 1. The molecular formula is C25H40IN5O. The topological polar surface area (TPSA) is 65.7 Å². The maximum atomic E-state index is 5.51. The van der Waals surface area contributed by atoms with E-state index >= 15 is 0 Å². The summed E-state index contributed by atoms with van der Waals surface area (Å²) in [6.45, 7) is 12.3. The lowest BCUT2D eigenvalue weighted by Crippen LogP contribution is -2.40. The maximum Gasteiger partial charge on any atom is 0.191 e. The molecule has 0 radical (unpaired) electrons. The molecule has 1 unspecified atom stereocenters. The molecule has 3 rings (SSSR count). The van der Waals surface area contributed by atoms with Crippen LogP contribution in [0, 0.1) is 5.92 Å². The molecule has 2 aromatic rings. The summed E-state index contributed by atoms with van der Waals surface area (Å²) in [7, 11) is 0. The molecule has 1 aromatic heterocycles. The second-order valence-electron chi connectivity index (χ2n) is 8.50. The maximum absolute atomic E-state index is 5.51. The molecule has 0 amide bonds. The van der Waals surface area contributed by atoms with Crippen LogP contribution in [0.25, 0.3) is 0 Å². The van der Waals surface area contributed by atoms with Gasteiger partial charge in [0.1, 0.15) is 6.54 Å². The highest BCUT2D eigenvalue weighted by Gasteiger charge is 2.22. The number of guanidine groups is 1. The third-order valence-electron chi connectivity index (χ3n) is 6.21. The fraction of sp³-hybridized carbons (Fsp3) is 0.600. The lowest BCUT2D eigenvalue weighted by molar-refractivity contribution is 0.328. The van der Waals surface area contributed by atoms with Crippen molar-refractivity contribution in [3.05, 3.63) is 53.4 Å². The van der Waals surface area contributed by atoms with Gasteiger partial charge in [-0.2, -0.15) is 0 Å². The Morgan fingerprint density at radius 2 is 1.97 bits per heavy atom. The van der Waals surface area contributed by atoms with Gasteiger partial charge in [0.25, 0.3) is 0 Å². The third-order valence-corrected chi connectivity index (χ3v) is 6.21. The number of aromatic nitrogens is 1.